The second-order valence-electron chi connectivity index (χ2n) is 4.48. The fraction of sp³-hybridized carbons (Fsp3) is 0.900. The van der Waals surface area contributed by atoms with E-state index < -0.39 is 6.10 Å². The summed E-state index contributed by atoms with van der Waals surface area (Å²) in [6.07, 6.45) is 2.40. The molecule has 0 radical (unpaired) electrons. The van der Waals surface area contributed by atoms with Crippen molar-refractivity contribution in [1.82, 2.24) is 0 Å². The standard InChI is InChI=1S/C10H17NO3/c1-11-6-3-4-7(11)9(8(12)5-6)10(13)14-2/h6-9,12H,3-5H2,1-2H3/p+1. The summed E-state index contributed by atoms with van der Waals surface area (Å²) >= 11 is 0. The largest absolute Gasteiger partial charge is 0.469 e. The summed E-state index contributed by atoms with van der Waals surface area (Å²) in [6, 6.07) is 0.798. The van der Waals surface area contributed by atoms with E-state index in [2.05, 4.69) is 7.05 Å². The van der Waals surface area contributed by atoms with Gasteiger partial charge in [0.2, 0.25) is 0 Å². The van der Waals surface area contributed by atoms with Crippen molar-refractivity contribution in [3.05, 3.63) is 0 Å². The molecule has 0 aromatic heterocycles. The van der Waals surface area contributed by atoms with E-state index >= 15 is 0 Å². The average Bonchev–Trinajstić information content (AvgIpc) is 2.42. The summed E-state index contributed by atoms with van der Waals surface area (Å²) in [4.78, 5) is 12.9. The van der Waals surface area contributed by atoms with Gasteiger partial charge in [-0.3, -0.25) is 4.79 Å². The Balaban J connectivity index is 2.18. The predicted octanol–water partition coefficient (Wildman–Crippen LogP) is -1.41. The zero-order valence-electron chi connectivity index (χ0n) is 8.69. The topological polar surface area (TPSA) is 51.0 Å². The summed E-state index contributed by atoms with van der Waals surface area (Å²) in [5.41, 5.74) is 0. The third-order valence-electron chi connectivity index (χ3n) is 3.90. The van der Waals surface area contributed by atoms with E-state index in [-0.39, 0.29) is 17.9 Å². The van der Waals surface area contributed by atoms with Crippen LogP contribution in [-0.2, 0) is 9.53 Å². The molecule has 0 aromatic carbocycles. The number of esters is 1. The van der Waals surface area contributed by atoms with Crippen LogP contribution in [0.15, 0.2) is 0 Å². The van der Waals surface area contributed by atoms with Gasteiger partial charge in [-0.25, -0.2) is 0 Å². The second-order valence-corrected chi connectivity index (χ2v) is 4.48. The molecular formula is C10H18NO3+. The first-order valence-electron chi connectivity index (χ1n) is 5.24. The van der Waals surface area contributed by atoms with Crippen LogP contribution < -0.4 is 4.90 Å². The normalized spacial score (nSPS) is 46.4. The summed E-state index contributed by atoms with van der Waals surface area (Å²) < 4.78 is 4.75. The summed E-state index contributed by atoms with van der Waals surface area (Å²) in [5.74, 6) is -0.555. The molecule has 4 nitrogen and oxygen atoms in total. The van der Waals surface area contributed by atoms with Gasteiger partial charge in [0.05, 0.1) is 26.3 Å². The lowest BCUT2D eigenvalue weighted by Gasteiger charge is -2.36. The molecule has 0 amide bonds. The van der Waals surface area contributed by atoms with Crippen LogP contribution in [0.1, 0.15) is 19.3 Å². The SMILES string of the molecule is COC(=O)C1C(O)CC2CCC1[NH+]2C. The number of ether oxygens (including phenoxy) is 1. The molecule has 2 aliphatic heterocycles. The summed E-state index contributed by atoms with van der Waals surface area (Å²) in [6.45, 7) is 0. The molecule has 2 aliphatic rings. The Labute approximate surface area is 83.8 Å². The van der Waals surface area contributed by atoms with Crippen molar-refractivity contribution in [1.29, 1.82) is 0 Å². The van der Waals surface area contributed by atoms with Crippen molar-refractivity contribution >= 4 is 5.97 Å². The number of piperidine rings is 1. The quantitative estimate of drug-likeness (QED) is 0.511. The second kappa shape index (κ2) is 3.51. The lowest BCUT2D eigenvalue weighted by Crippen LogP contribution is -3.16. The number of nitrogens with one attached hydrogen (secondary N) is 1. The van der Waals surface area contributed by atoms with Crippen LogP contribution in [-0.4, -0.2) is 43.4 Å². The van der Waals surface area contributed by atoms with Crippen molar-refractivity contribution in [2.24, 2.45) is 5.92 Å². The molecule has 5 atom stereocenters. The number of hydrogen-bond donors (Lipinski definition) is 2. The Hall–Kier alpha value is -0.610. The van der Waals surface area contributed by atoms with Crippen molar-refractivity contribution in [3.63, 3.8) is 0 Å². The van der Waals surface area contributed by atoms with Gasteiger partial charge in [0.1, 0.15) is 12.0 Å². The first-order valence-corrected chi connectivity index (χ1v) is 5.24. The lowest BCUT2D eigenvalue weighted by molar-refractivity contribution is -0.926. The zero-order valence-corrected chi connectivity index (χ0v) is 8.69. The molecule has 2 N–H and O–H groups in total. The highest BCUT2D eigenvalue weighted by molar-refractivity contribution is 5.73. The van der Waals surface area contributed by atoms with Crippen LogP contribution in [0.5, 0.6) is 0 Å². The van der Waals surface area contributed by atoms with Gasteiger partial charge < -0.3 is 14.7 Å². The molecule has 5 unspecified atom stereocenters. The third-order valence-corrected chi connectivity index (χ3v) is 3.90. The van der Waals surface area contributed by atoms with Crippen molar-refractivity contribution in [2.75, 3.05) is 14.2 Å². The maximum absolute atomic E-state index is 11.5. The van der Waals surface area contributed by atoms with Crippen LogP contribution in [0.25, 0.3) is 0 Å². The molecule has 2 rings (SSSR count). The van der Waals surface area contributed by atoms with E-state index in [1.165, 1.54) is 12.0 Å². The molecule has 2 fully saturated rings. The first kappa shape index (κ1) is 9.93. The summed E-state index contributed by atoms with van der Waals surface area (Å²) in [7, 11) is 3.51. The van der Waals surface area contributed by atoms with Crippen LogP contribution in [0.2, 0.25) is 0 Å². The number of carbonyl (C=O) groups excluding carboxylic acids is 1. The fourth-order valence-corrected chi connectivity index (χ4v) is 3.07. The molecule has 2 heterocycles. The highest BCUT2D eigenvalue weighted by atomic mass is 16.5. The van der Waals surface area contributed by atoms with Gasteiger partial charge in [-0.05, 0) is 0 Å². The number of methoxy groups -OCH3 is 1. The molecule has 0 aliphatic carbocycles. The van der Waals surface area contributed by atoms with Gasteiger partial charge in [0.15, 0.2) is 0 Å². The molecule has 2 bridgehead atoms. The number of hydrogen-bond acceptors (Lipinski definition) is 3. The molecular weight excluding hydrogens is 182 g/mol. The van der Waals surface area contributed by atoms with Gasteiger partial charge in [-0.1, -0.05) is 0 Å². The first-order chi connectivity index (χ1) is 6.65. The molecule has 0 spiro atoms. The van der Waals surface area contributed by atoms with E-state index in [0.717, 1.165) is 19.3 Å². The van der Waals surface area contributed by atoms with E-state index in [1.54, 1.807) is 0 Å². The Kier molecular flexibility index (Phi) is 2.49. The lowest BCUT2D eigenvalue weighted by atomic mass is 9.88. The number of fused-ring (bicyclic) bond motifs is 2. The van der Waals surface area contributed by atoms with Crippen LogP contribution in [0.3, 0.4) is 0 Å². The van der Waals surface area contributed by atoms with E-state index in [4.69, 9.17) is 4.74 Å². The minimum atomic E-state index is -0.497. The number of carbonyl (C=O) groups is 1. The molecule has 2 saturated heterocycles. The monoisotopic (exact) mass is 200 g/mol. The van der Waals surface area contributed by atoms with E-state index in [9.17, 15) is 9.90 Å². The Bertz CT molecular complexity index is 244. The maximum atomic E-state index is 11.5. The van der Waals surface area contributed by atoms with Crippen LogP contribution in [0.4, 0.5) is 0 Å². The van der Waals surface area contributed by atoms with E-state index in [1.807, 2.05) is 0 Å². The average molecular weight is 200 g/mol. The number of quaternary nitrogens is 1. The Morgan fingerprint density at radius 1 is 1.50 bits per heavy atom. The van der Waals surface area contributed by atoms with Gasteiger partial charge in [-0.2, -0.15) is 0 Å². The minimum absolute atomic E-state index is 0.248. The Morgan fingerprint density at radius 2 is 2.21 bits per heavy atom. The van der Waals surface area contributed by atoms with Crippen molar-refractivity contribution in [2.45, 2.75) is 37.5 Å². The highest BCUT2D eigenvalue weighted by Gasteiger charge is 2.52. The van der Waals surface area contributed by atoms with Gasteiger partial charge >= 0.3 is 5.97 Å². The molecule has 4 heteroatoms. The minimum Gasteiger partial charge on any atom is -0.469 e. The zero-order chi connectivity index (χ0) is 10.3. The van der Waals surface area contributed by atoms with Crippen molar-refractivity contribution < 1.29 is 19.5 Å². The van der Waals surface area contributed by atoms with Crippen LogP contribution in [0, 0.1) is 5.92 Å². The third kappa shape index (κ3) is 1.33. The van der Waals surface area contributed by atoms with Gasteiger partial charge in [-0.15, -0.1) is 0 Å². The van der Waals surface area contributed by atoms with Crippen molar-refractivity contribution in [3.8, 4) is 0 Å². The number of aliphatic hydroxyl groups excluding tert-OH is 1. The molecule has 14 heavy (non-hydrogen) atoms. The molecule has 80 valence electrons. The van der Waals surface area contributed by atoms with Gasteiger partial charge in [0.25, 0.3) is 0 Å². The van der Waals surface area contributed by atoms with E-state index in [0.29, 0.717) is 6.04 Å². The fourth-order valence-electron chi connectivity index (χ4n) is 3.07. The maximum Gasteiger partial charge on any atom is 0.317 e. The number of aliphatic hydroxyl groups is 1. The Morgan fingerprint density at radius 3 is 2.86 bits per heavy atom. The van der Waals surface area contributed by atoms with Gasteiger partial charge in [0, 0.05) is 19.3 Å². The van der Waals surface area contributed by atoms with Crippen LogP contribution >= 0.6 is 0 Å². The molecule has 0 aromatic rings. The predicted molar refractivity (Wildman–Crippen MR) is 49.8 cm³/mol. The highest BCUT2D eigenvalue weighted by Crippen LogP contribution is 2.28. The smallest absolute Gasteiger partial charge is 0.317 e. The number of rotatable bonds is 1. The summed E-state index contributed by atoms with van der Waals surface area (Å²) in [5, 5.41) is 9.85. The molecule has 0 saturated carbocycles.